The fraction of sp³-hybridized carbons (Fsp3) is 1.00. The first-order valence-corrected chi connectivity index (χ1v) is 6.88. The van der Waals surface area contributed by atoms with E-state index in [0.717, 1.165) is 24.3 Å². The summed E-state index contributed by atoms with van der Waals surface area (Å²) in [5, 5.41) is 21.5. The van der Waals surface area contributed by atoms with Crippen LogP contribution in [0.15, 0.2) is 0 Å². The van der Waals surface area contributed by atoms with Crippen molar-refractivity contribution < 1.29 is 14.4 Å². The number of aliphatic hydroxyl groups is 2. The molecule has 1 aliphatic rings. The van der Waals surface area contributed by atoms with Crippen LogP contribution in [-0.4, -0.2) is 51.7 Å². The van der Waals surface area contributed by atoms with Crippen LogP contribution in [0.5, 0.6) is 0 Å². The molecule has 1 fully saturated rings. The average molecular weight is 235 g/mol. The Labute approximate surface area is 93.5 Å². The van der Waals surface area contributed by atoms with Gasteiger partial charge >= 0.3 is 0 Å². The van der Waals surface area contributed by atoms with E-state index in [1.165, 1.54) is 0 Å². The predicted molar refractivity (Wildman–Crippen MR) is 61.2 cm³/mol. The molecule has 0 radical (unpaired) electrons. The second-order valence-corrected chi connectivity index (χ2v) is 6.33. The summed E-state index contributed by atoms with van der Waals surface area (Å²) in [5.74, 6) is 1.54. The summed E-state index contributed by atoms with van der Waals surface area (Å²) in [7, 11) is -0.628. The Hall–Kier alpha value is 0.0300. The normalized spacial score (nSPS) is 27.9. The van der Waals surface area contributed by atoms with Crippen molar-refractivity contribution in [2.24, 2.45) is 5.41 Å². The highest BCUT2D eigenvalue weighted by Gasteiger charge is 2.25. The van der Waals surface area contributed by atoms with Crippen molar-refractivity contribution in [3.63, 3.8) is 0 Å². The molecule has 0 saturated carbocycles. The van der Waals surface area contributed by atoms with Gasteiger partial charge in [0.2, 0.25) is 0 Å². The maximum absolute atomic E-state index is 11.1. The fourth-order valence-corrected chi connectivity index (χ4v) is 2.85. The van der Waals surface area contributed by atoms with Crippen molar-refractivity contribution >= 4 is 10.8 Å². The molecule has 1 aliphatic heterocycles. The van der Waals surface area contributed by atoms with Gasteiger partial charge in [-0.2, -0.15) is 0 Å². The van der Waals surface area contributed by atoms with Crippen LogP contribution in [-0.2, 0) is 10.8 Å². The molecule has 1 saturated heterocycles. The fourth-order valence-electron chi connectivity index (χ4n) is 1.55. The first-order chi connectivity index (χ1) is 7.09. The molecule has 5 heteroatoms. The highest BCUT2D eigenvalue weighted by Crippen LogP contribution is 2.15. The summed E-state index contributed by atoms with van der Waals surface area (Å²) in [6.07, 6.45) is 1.86. The standard InChI is InChI=1S/C10H21NO3S/c1-10(7-12,8-13)6-11-9-2-4-15(14)5-3-9/h9,11-13H,2-8H2,1H3. The molecule has 0 atom stereocenters. The first-order valence-electron chi connectivity index (χ1n) is 5.40. The third-order valence-corrected chi connectivity index (χ3v) is 4.35. The van der Waals surface area contributed by atoms with Crippen LogP contribution in [0, 0.1) is 5.41 Å². The summed E-state index contributed by atoms with van der Waals surface area (Å²) in [6, 6.07) is 0.389. The minimum Gasteiger partial charge on any atom is -0.396 e. The molecule has 0 unspecified atom stereocenters. The number of rotatable bonds is 5. The van der Waals surface area contributed by atoms with Gasteiger partial charge in [0.25, 0.3) is 0 Å². The van der Waals surface area contributed by atoms with Crippen molar-refractivity contribution in [2.45, 2.75) is 25.8 Å². The molecule has 4 nitrogen and oxygen atoms in total. The van der Waals surface area contributed by atoms with Gasteiger partial charge in [0, 0.05) is 40.3 Å². The highest BCUT2D eigenvalue weighted by atomic mass is 32.2. The van der Waals surface area contributed by atoms with Crippen molar-refractivity contribution in [3.8, 4) is 0 Å². The van der Waals surface area contributed by atoms with Gasteiger partial charge in [-0.15, -0.1) is 0 Å². The molecule has 0 bridgehead atoms. The van der Waals surface area contributed by atoms with Gasteiger partial charge in [0.15, 0.2) is 0 Å². The number of hydrogen-bond acceptors (Lipinski definition) is 4. The van der Waals surface area contributed by atoms with E-state index in [1.54, 1.807) is 0 Å². The average Bonchev–Trinajstić information content (AvgIpc) is 2.28. The summed E-state index contributed by atoms with van der Waals surface area (Å²) in [6.45, 7) is 2.42. The molecule has 15 heavy (non-hydrogen) atoms. The molecule has 1 heterocycles. The Balaban J connectivity index is 2.27. The Morgan fingerprint density at radius 3 is 2.33 bits per heavy atom. The number of hydrogen-bond donors (Lipinski definition) is 3. The first kappa shape index (κ1) is 13.1. The predicted octanol–water partition coefficient (Wildman–Crippen LogP) is -0.522. The molecule has 0 spiro atoms. The lowest BCUT2D eigenvalue weighted by molar-refractivity contribution is 0.0670. The van der Waals surface area contributed by atoms with Gasteiger partial charge in [-0.1, -0.05) is 6.92 Å². The van der Waals surface area contributed by atoms with Gasteiger partial charge in [0.1, 0.15) is 0 Å². The Morgan fingerprint density at radius 1 is 1.33 bits per heavy atom. The second-order valence-electron chi connectivity index (χ2n) is 4.63. The largest absolute Gasteiger partial charge is 0.396 e. The van der Waals surface area contributed by atoms with Crippen molar-refractivity contribution in [1.82, 2.24) is 5.32 Å². The summed E-state index contributed by atoms with van der Waals surface area (Å²) in [4.78, 5) is 0. The smallest absolute Gasteiger partial charge is 0.0518 e. The third kappa shape index (κ3) is 4.18. The van der Waals surface area contributed by atoms with Crippen LogP contribution in [0.25, 0.3) is 0 Å². The monoisotopic (exact) mass is 235 g/mol. The quantitative estimate of drug-likeness (QED) is 0.600. The van der Waals surface area contributed by atoms with Crippen LogP contribution >= 0.6 is 0 Å². The summed E-state index contributed by atoms with van der Waals surface area (Å²) >= 11 is 0. The zero-order valence-corrected chi connectivity index (χ0v) is 10.1. The number of aliphatic hydroxyl groups excluding tert-OH is 2. The Kier molecular flexibility index (Phi) is 5.18. The van der Waals surface area contributed by atoms with Crippen molar-refractivity contribution in [2.75, 3.05) is 31.3 Å². The van der Waals surface area contributed by atoms with Gasteiger partial charge in [-0.3, -0.25) is 4.21 Å². The SMILES string of the molecule is CC(CO)(CO)CNC1CCS(=O)CC1. The lowest BCUT2D eigenvalue weighted by Crippen LogP contribution is -2.44. The molecule has 0 amide bonds. The van der Waals surface area contributed by atoms with Gasteiger partial charge in [-0.05, 0) is 12.8 Å². The Morgan fingerprint density at radius 2 is 1.87 bits per heavy atom. The molecule has 0 aromatic heterocycles. The van der Waals surface area contributed by atoms with E-state index in [-0.39, 0.29) is 13.2 Å². The molecule has 90 valence electrons. The lowest BCUT2D eigenvalue weighted by atomic mass is 9.92. The lowest BCUT2D eigenvalue weighted by Gasteiger charge is -2.29. The maximum atomic E-state index is 11.1. The molecule has 0 aromatic carbocycles. The van der Waals surface area contributed by atoms with Gasteiger partial charge in [-0.25, -0.2) is 0 Å². The highest BCUT2D eigenvalue weighted by molar-refractivity contribution is 7.85. The third-order valence-electron chi connectivity index (χ3n) is 2.97. The van der Waals surface area contributed by atoms with E-state index in [4.69, 9.17) is 10.2 Å². The van der Waals surface area contributed by atoms with E-state index in [2.05, 4.69) is 5.32 Å². The van der Waals surface area contributed by atoms with Crippen LogP contribution in [0.1, 0.15) is 19.8 Å². The van der Waals surface area contributed by atoms with Crippen LogP contribution in [0.3, 0.4) is 0 Å². The van der Waals surface area contributed by atoms with Gasteiger partial charge in [0.05, 0.1) is 13.2 Å². The van der Waals surface area contributed by atoms with Gasteiger partial charge < -0.3 is 15.5 Å². The summed E-state index contributed by atoms with van der Waals surface area (Å²) in [5.41, 5.74) is -0.448. The van der Waals surface area contributed by atoms with Crippen molar-refractivity contribution in [3.05, 3.63) is 0 Å². The molecule has 0 aliphatic carbocycles. The van der Waals surface area contributed by atoms with E-state index < -0.39 is 16.2 Å². The maximum Gasteiger partial charge on any atom is 0.0518 e. The topological polar surface area (TPSA) is 69.6 Å². The van der Waals surface area contributed by atoms with Crippen LogP contribution in [0.4, 0.5) is 0 Å². The molecule has 1 rings (SSSR count). The minimum absolute atomic E-state index is 0.0187. The van der Waals surface area contributed by atoms with Crippen LogP contribution in [0.2, 0.25) is 0 Å². The zero-order chi connectivity index (χ0) is 11.3. The Bertz CT molecular complexity index is 209. The molecule has 0 aromatic rings. The van der Waals surface area contributed by atoms with Crippen molar-refractivity contribution in [1.29, 1.82) is 0 Å². The summed E-state index contributed by atoms with van der Waals surface area (Å²) < 4.78 is 11.1. The molecular weight excluding hydrogens is 214 g/mol. The van der Waals surface area contributed by atoms with E-state index in [0.29, 0.717) is 12.6 Å². The zero-order valence-electron chi connectivity index (χ0n) is 9.24. The molecular formula is C10H21NO3S. The molecule has 3 N–H and O–H groups in total. The van der Waals surface area contributed by atoms with E-state index >= 15 is 0 Å². The van der Waals surface area contributed by atoms with E-state index in [1.807, 2.05) is 6.92 Å². The van der Waals surface area contributed by atoms with E-state index in [9.17, 15) is 4.21 Å². The minimum atomic E-state index is -0.628. The number of nitrogens with one attached hydrogen (secondary N) is 1. The van der Waals surface area contributed by atoms with Crippen LogP contribution < -0.4 is 5.32 Å². The second kappa shape index (κ2) is 5.94.